The summed E-state index contributed by atoms with van der Waals surface area (Å²) in [6.45, 7) is 1.33. The van der Waals surface area contributed by atoms with Crippen LogP contribution in [-0.4, -0.2) is 28.9 Å². The van der Waals surface area contributed by atoms with Crippen molar-refractivity contribution in [1.29, 1.82) is 0 Å². The normalized spacial score (nSPS) is 17.6. The lowest BCUT2D eigenvalue weighted by molar-refractivity contribution is 0.0705. The number of hydrogen-bond donors (Lipinski definition) is 0. The van der Waals surface area contributed by atoms with Gasteiger partial charge in [-0.2, -0.15) is 0 Å². The van der Waals surface area contributed by atoms with Crippen LogP contribution in [0.15, 0.2) is 60.8 Å². The fourth-order valence-electron chi connectivity index (χ4n) is 3.53. The molecule has 0 spiro atoms. The van der Waals surface area contributed by atoms with Gasteiger partial charge < -0.3 is 4.90 Å². The highest BCUT2D eigenvalue weighted by Crippen LogP contribution is 2.28. The van der Waals surface area contributed by atoms with Crippen molar-refractivity contribution in [2.75, 3.05) is 13.1 Å². The standard InChI is InChI=1S/C21H19FN2O/c22-19-9-3-7-16(11-19)21(25)24-10-4-8-18(14-24)20-12-15-5-1-2-6-17(15)13-23-20/h1-3,5-7,9,11-13,18H,4,8,10,14H2. The summed E-state index contributed by atoms with van der Waals surface area (Å²) in [5, 5.41) is 2.29. The van der Waals surface area contributed by atoms with Gasteiger partial charge in [0, 0.05) is 41.8 Å². The van der Waals surface area contributed by atoms with Crippen molar-refractivity contribution in [2.24, 2.45) is 0 Å². The zero-order chi connectivity index (χ0) is 17.2. The Morgan fingerprint density at radius 3 is 2.76 bits per heavy atom. The number of rotatable bonds is 2. The van der Waals surface area contributed by atoms with Crippen LogP contribution < -0.4 is 0 Å². The van der Waals surface area contributed by atoms with Crippen LogP contribution in [0.3, 0.4) is 0 Å². The van der Waals surface area contributed by atoms with E-state index in [2.05, 4.69) is 17.1 Å². The number of carbonyl (C=O) groups excluding carboxylic acids is 1. The number of carbonyl (C=O) groups is 1. The second-order valence-electron chi connectivity index (χ2n) is 6.56. The number of benzene rings is 2. The Morgan fingerprint density at radius 1 is 1.08 bits per heavy atom. The van der Waals surface area contributed by atoms with Gasteiger partial charge in [-0.1, -0.05) is 30.3 Å². The molecule has 0 radical (unpaired) electrons. The number of halogens is 1. The minimum Gasteiger partial charge on any atom is -0.338 e. The van der Waals surface area contributed by atoms with Gasteiger partial charge in [0.15, 0.2) is 0 Å². The summed E-state index contributed by atoms with van der Waals surface area (Å²) in [6, 6.07) is 16.2. The molecule has 2 aromatic carbocycles. The first kappa shape index (κ1) is 15.8. The first-order chi connectivity index (χ1) is 12.2. The maximum atomic E-state index is 13.4. The van der Waals surface area contributed by atoms with Crippen LogP contribution in [-0.2, 0) is 0 Å². The lowest BCUT2D eigenvalue weighted by atomic mass is 9.93. The molecule has 1 aliphatic rings. The van der Waals surface area contributed by atoms with Crippen molar-refractivity contribution < 1.29 is 9.18 Å². The topological polar surface area (TPSA) is 33.2 Å². The zero-order valence-corrected chi connectivity index (χ0v) is 13.9. The molecule has 126 valence electrons. The summed E-state index contributed by atoms with van der Waals surface area (Å²) < 4.78 is 13.4. The molecule has 1 aromatic heterocycles. The SMILES string of the molecule is O=C(c1cccc(F)c1)N1CCCC(c2cc3ccccc3cn2)C1. The minimum atomic E-state index is -0.379. The van der Waals surface area contributed by atoms with E-state index in [9.17, 15) is 9.18 Å². The van der Waals surface area contributed by atoms with Crippen LogP contribution in [0.5, 0.6) is 0 Å². The molecule has 1 aliphatic heterocycles. The second kappa shape index (κ2) is 6.63. The van der Waals surface area contributed by atoms with Gasteiger partial charge in [-0.05, 0) is 42.5 Å². The molecule has 1 saturated heterocycles. The Kier molecular flexibility index (Phi) is 4.18. The Labute approximate surface area is 146 Å². The first-order valence-corrected chi connectivity index (χ1v) is 8.60. The summed E-state index contributed by atoms with van der Waals surface area (Å²) in [7, 11) is 0. The minimum absolute atomic E-state index is 0.106. The molecule has 4 rings (SSSR count). The molecular weight excluding hydrogens is 315 g/mol. The van der Waals surface area contributed by atoms with E-state index in [1.165, 1.54) is 17.5 Å². The fourth-order valence-corrected chi connectivity index (χ4v) is 3.53. The van der Waals surface area contributed by atoms with Crippen molar-refractivity contribution in [3.8, 4) is 0 Å². The Hall–Kier alpha value is -2.75. The summed E-state index contributed by atoms with van der Waals surface area (Å²) in [4.78, 5) is 19.1. The maximum Gasteiger partial charge on any atom is 0.253 e. The van der Waals surface area contributed by atoms with Crippen LogP contribution in [0.25, 0.3) is 10.8 Å². The monoisotopic (exact) mass is 334 g/mol. The van der Waals surface area contributed by atoms with E-state index >= 15 is 0 Å². The predicted octanol–water partition coefficient (Wildman–Crippen LogP) is 4.39. The van der Waals surface area contributed by atoms with E-state index in [-0.39, 0.29) is 17.6 Å². The van der Waals surface area contributed by atoms with Crippen LogP contribution in [0.1, 0.15) is 34.8 Å². The number of hydrogen-bond acceptors (Lipinski definition) is 2. The van der Waals surface area contributed by atoms with Crippen LogP contribution in [0, 0.1) is 5.82 Å². The molecule has 1 fully saturated rings. The van der Waals surface area contributed by atoms with E-state index in [4.69, 9.17) is 0 Å². The quantitative estimate of drug-likeness (QED) is 0.696. The third kappa shape index (κ3) is 3.25. The summed E-state index contributed by atoms with van der Waals surface area (Å²) in [5.74, 6) is -0.267. The molecule has 4 heteroatoms. The lowest BCUT2D eigenvalue weighted by Crippen LogP contribution is -2.39. The van der Waals surface area contributed by atoms with Crippen molar-refractivity contribution in [2.45, 2.75) is 18.8 Å². The average Bonchev–Trinajstić information content (AvgIpc) is 2.67. The van der Waals surface area contributed by atoms with Crippen molar-refractivity contribution in [3.63, 3.8) is 0 Å². The third-order valence-electron chi connectivity index (χ3n) is 4.85. The third-order valence-corrected chi connectivity index (χ3v) is 4.85. The molecule has 1 unspecified atom stereocenters. The number of aromatic nitrogens is 1. The van der Waals surface area contributed by atoms with E-state index in [1.807, 2.05) is 29.3 Å². The Bertz CT molecular complexity index is 924. The summed E-state index contributed by atoms with van der Waals surface area (Å²) >= 11 is 0. The molecule has 25 heavy (non-hydrogen) atoms. The van der Waals surface area contributed by atoms with Crippen LogP contribution in [0.4, 0.5) is 4.39 Å². The van der Waals surface area contributed by atoms with Gasteiger partial charge in [0.25, 0.3) is 5.91 Å². The molecule has 1 amide bonds. The summed E-state index contributed by atoms with van der Waals surface area (Å²) in [5.41, 5.74) is 1.43. The van der Waals surface area contributed by atoms with Gasteiger partial charge in [-0.25, -0.2) is 4.39 Å². The molecule has 2 heterocycles. The molecule has 1 atom stereocenters. The second-order valence-corrected chi connectivity index (χ2v) is 6.56. The van der Waals surface area contributed by atoms with E-state index in [1.54, 1.807) is 12.1 Å². The van der Waals surface area contributed by atoms with E-state index in [0.29, 0.717) is 18.7 Å². The van der Waals surface area contributed by atoms with Gasteiger partial charge in [0.1, 0.15) is 5.82 Å². The largest absolute Gasteiger partial charge is 0.338 e. The van der Waals surface area contributed by atoms with Gasteiger partial charge in [0.05, 0.1) is 0 Å². The molecule has 0 saturated carbocycles. The molecule has 0 N–H and O–H groups in total. The number of nitrogens with zero attached hydrogens (tertiary/aromatic N) is 2. The maximum absolute atomic E-state index is 13.4. The van der Waals surface area contributed by atoms with Gasteiger partial charge >= 0.3 is 0 Å². The Morgan fingerprint density at radius 2 is 1.92 bits per heavy atom. The smallest absolute Gasteiger partial charge is 0.253 e. The molecule has 0 aliphatic carbocycles. The number of fused-ring (bicyclic) bond motifs is 1. The van der Waals surface area contributed by atoms with Gasteiger partial charge in [0.2, 0.25) is 0 Å². The number of piperidine rings is 1. The molecule has 3 aromatic rings. The van der Waals surface area contributed by atoms with Crippen molar-refractivity contribution in [3.05, 3.63) is 77.9 Å². The average molecular weight is 334 g/mol. The van der Waals surface area contributed by atoms with Crippen molar-refractivity contribution in [1.82, 2.24) is 9.88 Å². The zero-order valence-electron chi connectivity index (χ0n) is 13.9. The first-order valence-electron chi connectivity index (χ1n) is 8.60. The summed E-state index contributed by atoms with van der Waals surface area (Å²) in [6.07, 6.45) is 3.84. The predicted molar refractivity (Wildman–Crippen MR) is 96.0 cm³/mol. The number of likely N-dealkylation sites (tertiary alicyclic amines) is 1. The van der Waals surface area contributed by atoms with Crippen molar-refractivity contribution >= 4 is 16.7 Å². The fraction of sp³-hybridized carbons (Fsp3) is 0.238. The lowest BCUT2D eigenvalue weighted by Gasteiger charge is -2.32. The number of pyridine rings is 1. The van der Waals surface area contributed by atoms with Crippen LogP contribution >= 0.6 is 0 Å². The highest BCUT2D eigenvalue weighted by molar-refractivity contribution is 5.94. The molecular formula is C21H19FN2O. The van der Waals surface area contributed by atoms with E-state index in [0.717, 1.165) is 23.9 Å². The van der Waals surface area contributed by atoms with Crippen LogP contribution in [0.2, 0.25) is 0 Å². The highest BCUT2D eigenvalue weighted by atomic mass is 19.1. The highest BCUT2D eigenvalue weighted by Gasteiger charge is 2.26. The molecule has 3 nitrogen and oxygen atoms in total. The Balaban J connectivity index is 1.56. The van der Waals surface area contributed by atoms with Gasteiger partial charge in [-0.3, -0.25) is 9.78 Å². The number of amides is 1. The van der Waals surface area contributed by atoms with Gasteiger partial charge in [-0.15, -0.1) is 0 Å². The van der Waals surface area contributed by atoms with E-state index < -0.39 is 0 Å². The molecule has 0 bridgehead atoms.